The lowest BCUT2D eigenvalue weighted by Gasteiger charge is -2.18. The zero-order valence-electron chi connectivity index (χ0n) is 11.4. The summed E-state index contributed by atoms with van der Waals surface area (Å²) in [6.07, 6.45) is 2.16. The second-order valence-corrected chi connectivity index (χ2v) is 6.69. The number of piperidine rings is 1. The molecule has 2 aromatic rings. The molecule has 0 radical (unpaired) electrons. The van der Waals surface area contributed by atoms with Crippen LogP contribution in [0.4, 0.5) is 0 Å². The van der Waals surface area contributed by atoms with Gasteiger partial charge in [0.25, 0.3) is 5.22 Å². The SMILES string of the molecule is Brc1cccc(CSc2nnc(C3CCNCC3)o2)c1.Cl. The quantitative estimate of drug-likeness (QED) is 0.799. The third-order valence-corrected chi connectivity index (χ3v) is 4.74. The third-order valence-electron chi connectivity index (χ3n) is 3.36. The van der Waals surface area contributed by atoms with Crippen LogP contribution in [0.5, 0.6) is 0 Å². The Kier molecular flexibility index (Phi) is 6.54. The first-order chi connectivity index (χ1) is 9.81. The molecule has 1 fully saturated rings. The van der Waals surface area contributed by atoms with Crippen LogP contribution in [0.2, 0.25) is 0 Å². The van der Waals surface area contributed by atoms with Gasteiger partial charge in [-0.3, -0.25) is 0 Å². The van der Waals surface area contributed by atoms with E-state index in [1.165, 1.54) is 5.56 Å². The van der Waals surface area contributed by atoms with Gasteiger partial charge in [0.1, 0.15) is 0 Å². The van der Waals surface area contributed by atoms with Gasteiger partial charge in [0.15, 0.2) is 0 Å². The Bertz CT molecular complexity index is 575. The number of nitrogens with one attached hydrogen (secondary N) is 1. The largest absolute Gasteiger partial charge is 0.416 e. The first-order valence-electron chi connectivity index (χ1n) is 6.72. The fourth-order valence-corrected chi connectivity index (χ4v) is 3.44. The van der Waals surface area contributed by atoms with Gasteiger partial charge in [-0.05, 0) is 43.6 Å². The molecule has 0 bridgehead atoms. The first-order valence-corrected chi connectivity index (χ1v) is 8.50. The van der Waals surface area contributed by atoms with Gasteiger partial charge < -0.3 is 9.73 Å². The Hall–Kier alpha value is -0.560. The molecule has 0 saturated carbocycles. The first kappa shape index (κ1) is 16.8. The summed E-state index contributed by atoms with van der Waals surface area (Å²) >= 11 is 5.07. The monoisotopic (exact) mass is 389 g/mol. The van der Waals surface area contributed by atoms with Gasteiger partial charge in [0.2, 0.25) is 5.89 Å². The summed E-state index contributed by atoms with van der Waals surface area (Å²) < 4.78 is 6.87. The summed E-state index contributed by atoms with van der Waals surface area (Å²) in [4.78, 5) is 0. The Balaban J connectivity index is 0.00000161. The fraction of sp³-hybridized carbons (Fsp3) is 0.429. The van der Waals surface area contributed by atoms with Crippen LogP contribution in [0.3, 0.4) is 0 Å². The minimum absolute atomic E-state index is 0. The van der Waals surface area contributed by atoms with E-state index in [2.05, 4.69) is 43.6 Å². The van der Waals surface area contributed by atoms with Gasteiger partial charge in [0, 0.05) is 16.1 Å². The molecule has 1 saturated heterocycles. The summed E-state index contributed by atoms with van der Waals surface area (Å²) in [5.74, 6) is 2.06. The van der Waals surface area contributed by atoms with Gasteiger partial charge in [-0.1, -0.05) is 39.8 Å². The van der Waals surface area contributed by atoms with Gasteiger partial charge in [0.05, 0.1) is 0 Å². The lowest BCUT2D eigenvalue weighted by atomic mass is 9.98. The van der Waals surface area contributed by atoms with Gasteiger partial charge in [-0.15, -0.1) is 22.6 Å². The van der Waals surface area contributed by atoms with Crippen LogP contribution in [0.1, 0.15) is 30.2 Å². The summed E-state index contributed by atoms with van der Waals surface area (Å²) in [5, 5.41) is 12.3. The molecule has 21 heavy (non-hydrogen) atoms. The van der Waals surface area contributed by atoms with Crippen molar-refractivity contribution in [3.63, 3.8) is 0 Å². The zero-order chi connectivity index (χ0) is 13.8. The number of aromatic nitrogens is 2. The predicted octanol–water partition coefficient (Wildman–Crippen LogP) is 4.01. The topological polar surface area (TPSA) is 51.0 Å². The highest BCUT2D eigenvalue weighted by Crippen LogP contribution is 2.28. The Morgan fingerprint density at radius 3 is 2.86 bits per heavy atom. The Labute approximate surface area is 143 Å². The third kappa shape index (κ3) is 4.71. The molecule has 1 aromatic heterocycles. The van der Waals surface area contributed by atoms with Gasteiger partial charge in [-0.25, -0.2) is 0 Å². The fourth-order valence-electron chi connectivity index (χ4n) is 2.28. The zero-order valence-corrected chi connectivity index (χ0v) is 14.6. The Morgan fingerprint density at radius 1 is 1.29 bits per heavy atom. The van der Waals surface area contributed by atoms with Gasteiger partial charge in [-0.2, -0.15) is 0 Å². The molecule has 0 atom stereocenters. The van der Waals surface area contributed by atoms with Crippen molar-refractivity contribution < 1.29 is 4.42 Å². The number of nitrogens with zero attached hydrogens (tertiary/aromatic N) is 2. The van der Waals surface area contributed by atoms with Crippen molar-refractivity contribution in [2.75, 3.05) is 13.1 Å². The second-order valence-electron chi connectivity index (χ2n) is 4.85. The van der Waals surface area contributed by atoms with Crippen molar-refractivity contribution >= 4 is 40.1 Å². The molecule has 1 aliphatic rings. The van der Waals surface area contributed by atoms with Crippen LogP contribution in [-0.2, 0) is 5.75 Å². The molecular weight excluding hydrogens is 374 g/mol. The average Bonchev–Trinajstić information content (AvgIpc) is 2.95. The molecule has 1 aromatic carbocycles. The number of rotatable bonds is 4. The van der Waals surface area contributed by atoms with E-state index in [-0.39, 0.29) is 12.4 Å². The minimum atomic E-state index is 0. The highest BCUT2D eigenvalue weighted by molar-refractivity contribution is 9.10. The van der Waals surface area contributed by atoms with E-state index in [1.54, 1.807) is 11.8 Å². The number of benzene rings is 1. The van der Waals surface area contributed by atoms with Crippen molar-refractivity contribution in [1.29, 1.82) is 0 Å². The van der Waals surface area contributed by atoms with E-state index >= 15 is 0 Å². The summed E-state index contributed by atoms with van der Waals surface area (Å²) in [6.45, 7) is 2.07. The lowest BCUT2D eigenvalue weighted by Crippen LogP contribution is -2.26. The van der Waals surface area contributed by atoms with Crippen molar-refractivity contribution in [3.05, 3.63) is 40.2 Å². The van der Waals surface area contributed by atoms with E-state index < -0.39 is 0 Å². The van der Waals surface area contributed by atoms with Crippen LogP contribution >= 0.6 is 40.1 Å². The summed E-state index contributed by atoms with van der Waals surface area (Å²) in [5.41, 5.74) is 1.24. The molecule has 4 nitrogen and oxygen atoms in total. The number of halogens is 2. The molecule has 114 valence electrons. The predicted molar refractivity (Wildman–Crippen MR) is 90.1 cm³/mol. The smallest absolute Gasteiger partial charge is 0.276 e. The molecule has 2 heterocycles. The molecule has 3 rings (SSSR count). The summed E-state index contributed by atoms with van der Waals surface area (Å²) in [7, 11) is 0. The second kappa shape index (κ2) is 8.17. The van der Waals surface area contributed by atoms with Crippen molar-refractivity contribution in [2.24, 2.45) is 0 Å². The minimum Gasteiger partial charge on any atom is -0.416 e. The lowest BCUT2D eigenvalue weighted by molar-refractivity contribution is 0.342. The van der Waals surface area contributed by atoms with Crippen LogP contribution in [0.15, 0.2) is 38.4 Å². The standard InChI is InChI=1S/C14H16BrN3OS.ClH/c15-12-3-1-2-10(8-12)9-20-14-18-17-13(19-14)11-4-6-16-7-5-11;/h1-3,8,11,16H,4-7,9H2;1H. The molecule has 1 aliphatic heterocycles. The highest BCUT2D eigenvalue weighted by atomic mass is 79.9. The highest BCUT2D eigenvalue weighted by Gasteiger charge is 2.21. The van der Waals surface area contributed by atoms with Gasteiger partial charge >= 0.3 is 0 Å². The van der Waals surface area contributed by atoms with E-state index in [9.17, 15) is 0 Å². The molecule has 0 unspecified atom stereocenters. The van der Waals surface area contributed by atoms with Crippen molar-refractivity contribution in [1.82, 2.24) is 15.5 Å². The molecule has 1 N–H and O–H groups in total. The molecule has 7 heteroatoms. The normalized spacial score (nSPS) is 15.7. The van der Waals surface area contributed by atoms with E-state index in [0.717, 1.165) is 42.0 Å². The van der Waals surface area contributed by atoms with Crippen LogP contribution in [0.25, 0.3) is 0 Å². The summed E-state index contributed by atoms with van der Waals surface area (Å²) in [6, 6.07) is 8.27. The molecular formula is C14H17BrClN3OS. The van der Waals surface area contributed by atoms with E-state index in [0.29, 0.717) is 11.1 Å². The molecule has 0 aliphatic carbocycles. The number of hydrogen-bond acceptors (Lipinski definition) is 5. The van der Waals surface area contributed by atoms with Crippen LogP contribution in [0, 0.1) is 0 Å². The maximum Gasteiger partial charge on any atom is 0.276 e. The van der Waals surface area contributed by atoms with Crippen LogP contribution in [-0.4, -0.2) is 23.3 Å². The maximum atomic E-state index is 5.78. The van der Waals surface area contributed by atoms with Crippen molar-refractivity contribution in [3.8, 4) is 0 Å². The van der Waals surface area contributed by atoms with E-state index in [1.807, 2.05) is 12.1 Å². The van der Waals surface area contributed by atoms with Crippen LogP contribution < -0.4 is 5.32 Å². The number of thioether (sulfide) groups is 1. The molecule has 0 spiro atoms. The average molecular weight is 391 g/mol. The number of hydrogen-bond donors (Lipinski definition) is 1. The maximum absolute atomic E-state index is 5.78. The Morgan fingerprint density at radius 2 is 2.10 bits per heavy atom. The van der Waals surface area contributed by atoms with Crippen molar-refractivity contribution in [2.45, 2.75) is 29.7 Å². The van der Waals surface area contributed by atoms with E-state index in [4.69, 9.17) is 4.42 Å². The molecule has 0 amide bonds.